The Morgan fingerprint density at radius 1 is 0.925 bits per heavy atom. The second-order valence-corrected chi connectivity index (χ2v) is 11.3. The number of hydrogen-bond donors (Lipinski definition) is 1. The van der Waals surface area contributed by atoms with Crippen molar-refractivity contribution in [2.45, 2.75) is 57.5 Å². The Kier molecular flexibility index (Phi) is 11.1. The van der Waals surface area contributed by atoms with Crippen molar-refractivity contribution in [2.24, 2.45) is 0 Å². The third-order valence-electron chi connectivity index (χ3n) is 6.67. The number of ether oxygens (including phenoxy) is 1. The van der Waals surface area contributed by atoms with Crippen LogP contribution in [0.15, 0.2) is 83.8 Å². The standard InChI is InChI=1S/C31H39N3O5S/c1-5-20-32-31(36)28(7-3)33(22-24-14-13-16-26(21-24)39-4)30(35)23-34(29-19-12-11-15-25(29)6-2)40(37,38)27-17-9-8-10-18-27/h8-19,21,28H,5-7,20,22-23H2,1-4H3,(H,32,36)/t28-/m0/s1. The van der Waals surface area contributed by atoms with Crippen LogP contribution >= 0.6 is 0 Å². The van der Waals surface area contributed by atoms with Crippen molar-refractivity contribution >= 4 is 27.5 Å². The first-order valence-corrected chi connectivity index (χ1v) is 15.1. The zero-order chi connectivity index (χ0) is 29.1. The molecule has 0 radical (unpaired) electrons. The normalized spacial score (nSPS) is 11.9. The van der Waals surface area contributed by atoms with Crippen molar-refractivity contribution in [1.29, 1.82) is 0 Å². The Balaban J connectivity index is 2.08. The number of nitrogens with one attached hydrogen (secondary N) is 1. The molecule has 3 aromatic rings. The average molecular weight is 566 g/mol. The van der Waals surface area contributed by atoms with Gasteiger partial charge in [0.1, 0.15) is 18.3 Å². The summed E-state index contributed by atoms with van der Waals surface area (Å²) >= 11 is 0. The van der Waals surface area contributed by atoms with E-state index in [4.69, 9.17) is 4.74 Å². The molecular weight excluding hydrogens is 526 g/mol. The lowest BCUT2D eigenvalue weighted by Gasteiger charge is -2.33. The minimum absolute atomic E-state index is 0.0841. The molecule has 0 aliphatic rings. The first-order valence-electron chi connectivity index (χ1n) is 13.6. The van der Waals surface area contributed by atoms with E-state index < -0.39 is 28.5 Å². The van der Waals surface area contributed by atoms with E-state index in [9.17, 15) is 18.0 Å². The van der Waals surface area contributed by atoms with Crippen LogP contribution in [0.4, 0.5) is 5.69 Å². The van der Waals surface area contributed by atoms with E-state index in [1.807, 2.05) is 51.1 Å². The summed E-state index contributed by atoms with van der Waals surface area (Å²) < 4.78 is 34.5. The Hall–Kier alpha value is -3.85. The number of hydrogen-bond acceptors (Lipinski definition) is 5. The average Bonchev–Trinajstić information content (AvgIpc) is 2.98. The lowest BCUT2D eigenvalue weighted by Crippen LogP contribution is -2.52. The van der Waals surface area contributed by atoms with E-state index in [-0.39, 0.29) is 17.3 Å². The summed E-state index contributed by atoms with van der Waals surface area (Å²) in [7, 11) is -2.54. The van der Waals surface area contributed by atoms with Crippen molar-refractivity contribution in [3.63, 3.8) is 0 Å². The molecule has 0 unspecified atom stereocenters. The Morgan fingerprint density at radius 3 is 2.27 bits per heavy atom. The van der Waals surface area contributed by atoms with Gasteiger partial charge in [0.15, 0.2) is 0 Å². The number of para-hydroxylation sites is 1. The maximum absolute atomic E-state index is 14.2. The van der Waals surface area contributed by atoms with Crippen LogP contribution in [0.3, 0.4) is 0 Å². The van der Waals surface area contributed by atoms with Crippen LogP contribution in [0.1, 0.15) is 44.7 Å². The number of benzene rings is 3. The highest BCUT2D eigenvalue weighted by atomic mass is 32.2. The van der Waals surface area contributed by atoms with Gasteiger partial charge in [-0.3, -0.25) is 13.9 Å². The number of aryl methyl sites for hydroxylation is 1. The molecule has 1 N–H and O–H groups in total. The van der Waals surface area contributed by atoms with Gasteiger partial charge in [-0.05, 0) is 60.7 Å². The van der Waals surface area contributed by atoms with Gasteiger partial charge in [0.2, 0.25) is 11.8 Å². The molecule has 0 aliphatic carbocycles. The third-order valence-corrected chi connectivity index (χ3v) is 8.45. The number of carbonyl (C=O) groups excluding carboxylic acids is 2. The number of nitrogens with zero attached hydrogens (tertiary/aromatic N) is 2. The highest BCUT2D eigenvalue weighted by molar-refractivity contribution is 7.92. The zero-order valence-corrected chi connectivity index (χ0v) is 24.5. The van der Waals surface area contributed by atoms with E-state index in [0.29, 0.717) is 30.8 Å². The number of rotatable bonds is 14. The van der Waals surface area contributed by atoms with Crippen LogP contribution in [0.25, 0.3) is 0 Å². The predicted molar refractivity (Wildman–Crippen MR) is 158 cm³/mol. The summed E-state index contributed by atoms with van der Waals surface area (Å²) in [6, 6.07) is 21.7. The molecule has 0 bridgehead atoms. The maximum atomic E-state index is 14.2. The monoisotopic (exact) mass is 565 g/mol. The van der Waals surface area contributed by atoms with Gasteiger partial charge < -0.3 is 15.0 Å². The molecule has 0 saturated heterocycles. The highest BCUT2D eigenvalue weighted by Crippen LogP contribution is 2.28. The molecular formula is C31H39N3O5S. The van der Waals surface area contributed by atoms with Gasteiger partial charge in [0, 0.05) is 13.1 Å². The molecule has 0 aromatic heterocycles. The third kappa shape index (κ3) is 7.41. The van der Waals surface area contributed by atoms with Crippen LogP contribution in [-0.4, -0.2) is 51.4 Å². The van der Waals surface area contributed by atoms with Gasteiger partial charge in [0.05, 0.1) is 17.7 Å². The van der Waals surface area contributed by atoms with Gasteiger partial charge in [-0.2, -0.15) is 0 Å². The Morgan fingerprint density at radius 2 is 1.62 bits per heavy atom. The predicted octanol–water partition coefficient (Wildman–Crippen LogP) is 4.79. The number of methoxy groups -OCH3 is 1. The second kappa shape index (κ2) is 14.5. The molecule has 0 aliphatic heterocycles. The van der Waals surface area contributed by atoms with Crippen LogP contribution < -0.4 is 14.4 Å². The summed E-state index contributed by atoms with van der Waals surface area (Å²) in [5.74, 6) is -0.128. The summed E-state index contributed by atoms with van der Waals surface area (Å²) in [6.07, 6.45) is 1.70. The van der Waals surface area contributed by atoms with E-state index in [2.05, 4.69) is 5.32 Å². The van der Waals surface area contributed by atoms with E-state index in [1.165, 1.54) is 21.3 Å². The molecule has 2 amide bonds. The van der Waals surface area contributed by atoms with Gasteiger partial charge in [-0.25, -0.2) is 8.42 Å². The van der Waals surface area contributed by atoms with Crippen LogP contribution in [0.2, 0.25) is 0 Å². The molecule has 0 heterocycles. The van der Waals surface area contributed by atoms with Crippen LogP contribution in [0.5, 0.6) is 5.75 Å². The summed E-state index contributed by atoms with van der Waals surface area (Å²) in [6.45, 7) is 5.87. The lowest BCUT2D eigenvalue weighted by atomic mass is 10.1. The number of amides is 2. The molecule has 8 nitrogen and oxygen atoms in total. The van der Waals surface area contributed by atoms with Crippen molar-refractivity contribution in [3.05, 3.63) is 90.0 Å². The Labute approximate surface area is 238 Å². The topological polar surface area (TPSA) is 96.0 Å². The first-order chi connectivity index (χ1) is 19.3. The van der Waals surface area contributed by atoms with E-state index >= 15 is 0 Å². The van der Waals surface area contributed by atoms with Gasteiger partial charge in [0.25, 0.3) is 10.0 Å². The summed E-state index contributed by atoms with van der Waals surface area (Å²) in [5.41, 5.74) is 2.00. The van der Waals surface area contributed by atoms with Crippen LogP contribution in [-0.2, 0) is 32.6 Å². The minimum atomic E-state index is -4.10. The minimum Gasteiger partial charge on any atom is -0.497 e. The lowest BCUT2D eigenvalue weighted by molar-refractivity contribution is -0.140. The van der Waals surface area contributed by atoms with Gasteiger partial charge >= 0.3 is 0 Å². The maximum Gasteiger partial charge on any atom is 0.264 e. The molecule has 0 fully saturated rings. The molecule has 9 heteroatoms. The number of carbonyl (C=O) groups is 2. The molecule has 40 heavy (non-hydrogen) atoms. The fraction of sp³-hybridized carbons (Fsp3) is 0.355. The van der Waals surface area contributed by atoms with E-state index in [0.717, 1.165) is 17.5 Å². The summed E-state index contributed by atoms with van der Waals surface area (Å²) in [5, 5.41) is 2.90. The van der Waals surface area contributed by atoms with Gasteiger partial charge in [-0.1, -0.05) is 69.3 Å². The molecule has 1 atom stereocenters. The smallest absolute Gasteiger partial charge is 0.264 e. The molecule has 0 saturated carbocycles. The molecule has 0 spiro atoms. The SMILES string of the molecule is CCCNC(=O)[C@H](CC)N(Cc1cccc(OC)c1)C(=O)CN(c1ccccc1CC)S(=O)(=O)c1ccccc1. The van der Waals surface area contributed by atoms with Crippen LogP contribution in [0, 0.1) is 0 Å². The molecule has 3 rings (SSSR count). The molecule has 214 valence electrons. The quantitative estimate of drug-likeness (QED) is 0.303. The van der Waals surface area contributed by atoms with Crippen molar-refractivity contribution in [1.82, 2.24) is 10.2 Å². The Bertz CT molecular complexity index is 1380. The molecule has 3 aromatic carbocycles. The first kappa shape index (κ1) is 30.7. The summed E-state index contributed by atoms with van der Waals surface area (Å²) in [4.78, 5) is 28.9. The second-order valence-electron chi connectivity index (χ2n) is 9.40. The van der Waals surface area contributed by atoms with Crippen molar-refractivity contribution in [2.75, 3.05) is 24.5 Å². The number of anilines is 1. The van der Waals surface area contributed by atoms with Gasteiger partial charge in [-0.15, -0.1) is 0 Å². The largest absolute Gasteiger partial charge is 0.497 e. The zero-order valence-electron chi connectivity index (χ0n) is 23.7. The number of sulfonamides is 1. The fourth-order valence-corrected chi connectivity index (χ4v) is 6.01. The van der Waals surface area contributed by atoms with Crippen molar-refractivity contribution in [3.8, 4) is 5.75 Å². The highest BCUT2D eigenvalue weighted by Gasteiger charge is 2.34. The van der Waals surface area contributed by atoms with Crippen molar-refractivity contribution < 1.29 is 22.7 Å². The van der Waals surface area contributed by atoms with E-state index in [1.54, 1.807) is 43.5 Å². The fourth-order valence-electron chi connectivity index (χ4n) is 4.54.